The first kappa shape index (κ1) is 16.9. The molecule has 1 amide bonds. The van der Waals surface area contributed by atoms with Gasteiger partial charge in [0.25, 0.3) is 5.91 Å². The van der Waals surface area contributed by atoms with Gasteiger partial charge in [0.1, 0.15) is 0 Å². The summed E-state index contributed by atoms with van der Waals surface area (Å²) in [6.07, 6.45) is 3.71. The van der Waals surface area contributed by atoms with Crippen molar-refractivity contribution in [2.24, 2.45) is 5.73 Å². The molecule has 0 aromatic carbocycles. The summed E-state index contributed by atoms with van der Waals surface area (Å²) in [7, 11) is 0. The molecule has 3 heterocycles. The summed E-state index contributed by atoms with van der Waals surface area (Å²) in [5, 5.41) is 5.29. The highest BCUT2D eigenvalue weighted by Gasteiger charge is 2.26. The van der Waals surface area contributed by atoms with Gasteiger partial charge in [-0.25, -0.2) is 9.67 Å². The first-order valence-corrected chi connectivity index (χ1v) is 8.81. The van der Waals surface area contributed by atoms with Crippen LogP contribution in [0.15, 0.2) is 12.3 Å². The normalized spacial score (nSPS) is 18.8. The largest absolute Gasteiger partial charge is 0.337 e. The summed E-state index contributed by atoms with van der Waals surface area (Å²) in [5.74, 6) is 0.294. The SMILES string of the molecule is CC(C)c1cc(C(=O)N2CCCC(N)C2)c2cnn(C(C)C)c2n1. The Morgan fingerprint density at radius 3 is 2.71 bits per heavy atom. The Hall–Kier alpha value is -1.95. The second-order valence-corrected chi connectivity index (χ2v) is 7.32. The molecule has 1 saturated heterocycles. The van der Waals surface area contributed by atoms with E-state index in [1.807, 2.05) is 15.6 Å². The van der Waals surface area contributed by atoms with Gasteiger partial charge in [-0.2, -0.15) is 5.10 Å². The van der Waals surface area contributed by atoms with Gasteiger partial charge in [-0.05, 0) is 38.7 Å². The van der Waals surface area contributed by atoms with Crippen LogP contribution in [-0.4, -0.2) is 44.7 Å². The van der Waals surface area contributed by atoms with Crippen LogP contribution < -0.4 is 5.73 Å². The van der Waals surface area contributed by atoms with E-state index in [1.165, 1.54) is 0 Å². The molecule has 1 unspecified atom stereocenters. The van der Waals surface area contributed by atoms with Crippen molar-refractivity contribution in [2.45, 2.75) is 58.5 Å². The van der Waals surface area contributed by atoms with Crippen LogP contribution in [-0.2, 0) is 0 Å². The highest BCUT2D eigenvalue weighted by molar-refractivity contribution is 6.05. The second-order valence-electron chi connectivity index (χ2n) is 7.32. The van der Waals surface area contributed by atoms with Crippen LogP contribution >= 0.6 is 0 Å². The van der Waals surface area contributed by atoms with E-state index in [1.54, 1.807) is 6.20 Å². The lowest BCUT2D eigenvalue weighted by Crippen LogP contribution is -2.45. The number of pyridine rings is 1. The molecule has 1 aliphatic heterocycles. The number of nitrogens with zero attached hydrogens (tertiary/aromatic N) is 4. The molecule has 1 aliphatic rings. The number of hydrogen-bond acceptors (Lipinski definition) is 4. The molecule has 2 aromatic heterocycles. The number of hydrogen-bond donors (Lipinski definition) is 1. The standard InChI is InChI=1S/C18H27N5O/c1-11(2)16-8-14(18(24)22-7-5-6-13(19)10-22)15-9-20-23(12(3)4)17(15)21-16/h8-9,11-13H,5-7,10,19H2,1-4H3. The van der Waals surface area contributed by atoms with Gasteiger partial charge in [-0.1, -0.05) is 13.8 Å². The minimum absolute atomic E-state index is 0.0442. The fourth-order valence-electron chi connectivity index (χ4n) is 3.25. The summed E-state index contributed by atoms with van der Waals surface area (Å²) in [5.41, 5.74) is 8.47. The van der Waals surface area contributed by atoms with Crippen LogP contribution in [0.4, 0.5) is 0 Å². The zero-order valence-electron chi connectivity index (χ0n) is 15.0. The third-order valence-corrected chi connectivity index (χ3v) is 4.64. The average Bonchev–Trinajstić information content (AvgIpc) is 2.97. The molecule has 6 heteroatoms. The Morgan fingerprint density at radius 1 is 1.33 bits per heavy atom. The van der Waals surface area contributed by atoms with Gasteiger partial charge in [-0.3, -0.25) is 4.79 Å². The Bertz CT molecular complexity index is 749. The summed E-state index contributed by atoms with van der Waals surface area (Å²) >= 11 is 0. The van der Waals surface area contributed by atoms with E-state index in [-0.39, 0.29) is 23.9 Å². The smallest absolute Gasteiger partial charge is 0.254 e. The molecule has 0 bridgehead atoms. The molecule has 0 saturated carbocycles. The maximum absolute atomic E-state index is 13.1. The maximum Gasteiger partial charge on any atom is 0.254 e. The Kier molecular flexibility index (Phi) is 4.58. The predicted octanol–water partition coefficient (Wildman–Crippen LogP) is 2.70. The third kappa shape index (κ3) is 3.02. The van der Waals surface area contributed by atoms with Gasteiger partial charge in [0.15, 0.2) is 5.65 Å². The molecule has 0 radical (unpaired) electrons. The van der Waals surface area contributed by atoms with Crippen LogP contribution in [0.5, 0.6) is 0 Å². The van der Waals surface area contributed by atoms with Crippen LogP contribution in [0.25, 0.3) is 11.0 Å². The molecule has 130 valence electrons. The zero-order valence-corrected chi connectivity index (χ0v) is 15.0. The van der Waals surface area contributed by atoms with E-state index in [0.29, 0.717) is 12.1 Å². The molecular formula is C18H27N5O. The van der Waals surface area contributed by atoms with Gasteiger partial charge >= 0.3 is 0 Å². The van der Waals surface area contributed by atoms with Crippen LogP contribution in [0.2, 0.25) is 0 Å². The van der Waals surface area contributed by atoms with Crippen molar-refractivity contribution in [3.8, 4) is 0 Å². The van der Waals surface area contributed by atoms with E-state index >= 15 is 0 Å². The quantitative estimate of drug-likeness (QED) is 0.939. The number of nitrogens with two attached hydrogens (primary N) is 1. The van der Waals surface area contributed by atoms with Crippen molar-refractivity contribution in [1.29, 1.82) is 0 Å². The number of amides is 1. The van der Waals surface area contributed by atoms with E-state index in [9.17, 15) is 4.79 Å². The molecule has 1 fully saturated rings. The van der Waals surface area contributed by atoms with Crippen molar-refractivity contribution in [1.82, 2.24) is 19.7 Å². The van der Waals surface area contributed by atoms with Gasteiger partial charge in [0.05, 0.1) is 17.1 Å². The fraction of sp³-hybridized carbons (Fsp3) is 0.611. The average molecular weight is 329 g/mol. The van der Waals surface area contributed by atoms with E-state index < -0.39 is 0 Å². The molecular weight excluding hydrogens is 302 g/mol. The lowest BCUT2D eigenvalue weighted by atomic mass is 10.0. The van der Waals surface area contributed by atoms with Crippen molar-refractivity contribution in [3.63, 3.8) is 0 Å². The summed E-state index contributed by atoms with van der Waals surface area (Å²) in [4.78, 5) is 19.8. The Balaban J connectivity index is 2.10. The monoisotopic (exact) mass is 329 g/mol. The van der Waals surface area contributed by atoms with Crippen LogP contribution in [0.1, 0.15) is 68.5 Å². The molecule has 24 heavy (non-hydrogen) atoms. The van der Waals surface area contributed by atoms with Crippen LogP contribution in [0.3, 0.4) is 0 Å². The number of carbonyl (C=O) groups is 1. The maximum atomic E-state index is 13.1. The molecule has 1 atom stereocenters. The molecule has 2 aromatic rings. The second kappa shape index (κ2) is 6.51. The topological polar surface area (TPSA) is 77.0 Å². The molecule has 2 N–H and O–H groups in total. The Labute approximate surface area is 143 Å². The fourth-order valence-corrected chi connectivity index (χ4v) is 3.25. The van der Waals surface area contributed by atoms with Gasteiger partial charge < -0.3 is 10.6 Å². The zero-order chi connectivity index (χ0) is 17.4. The number of likely N-dealkylation sites (tertiary alicyclic amines) is 1. The highest BCUT2D eigenvalue weighted by Crippen LogP contribution is 2.26. The summed E-state index contributed by atoms with van der Waals surface area (Å²) in [6, 6.07) is 2.20. The van der Waals surface area contributed by atoms with Gasteiger partial charge in [-0.15, -0.1) is 0 Å². The minimum atomic E-state index is 0.0442. The summed E-state index contributed by atoms with van der Waals surface area (Å²) < 4.78 is 1.89. The first-order chi connectivity index (χ1) is 11.4. The van der Waals surface area contributed by atoms with Crippen molar-refractivity contribution < 1.29 is 4.79 Å². The third-order valence-electron chi connectivity index (χ3n) is 4.64. The lowest BCUT2D eigenvalue weighted by molar-refractivity contribution is 0.0710. The molecule has 6 nitrogen and oxygen atoms in total. The predicted molar refractivity (Wildman–Crippen MR) is 95.1 cm³/mol. The van der Waals surface area contributed by atoms with Crippen molar-refractivity contribution >= 4 is 16.9 Å². The highest BCUT2D eigenvalue weighted by atomic mass is 16.2. The van der Waals surface area contributed by atoms with Gasteiger partial charge in [0.2, 0.25) is 0 Å². The minimum Gasteiger partial charge on any atom is -0.337 e. The number of fused-ring (bicyclic) bond motifs is 1. The number of rotatable bonds is 3. The molecule has 0 aliphatic carbocycles. The van der Waals surface area contributed by atoms with E-state index in [4.69, 9.17) is 10.7 Å². The van der Waals surface area contributed by atoms with Gasteiger partial charge in [0, 0.05) is 30.9 Å². The van der Waals surface area contributed by atoms with Crippen LogP contribution in [0, 0.1) is 0 Å². The number of carbonyl (C=O) groups excluding carboxylic acids is 1. The van der Waals surface area contributed by atoms with Crippen molar-refractivity contribution in [3.05, 3.63) is 23.5 Å². The van der Waals surface area contributed by atoms with E-state index in [0.717, 1.165) is 36.1 Å². The van der Waals surface area contributed by atoms with Crippen molar-refractivity contribution in [2.75, 3.05) is 13.1 Å². The van der Waals surface area contributed by atoms with E-state index in [2.05, 4.69) is 32.8 Å². The number of aromatic nitrogens is 3. The summed E-state index contributed by atoms with van der Waals surface area (Å²) in [6.45, 7) is 9.72. The number of piperidine rings is 1. The lowest BCUT2D eigenvalue weighted by Gasteiger charge is -2.31. The molecule has 3 rings (SSSR count). The Morgan fingerprint density at radius 2 is 2.08 bits per heavy atom. The first-order valence-electron chi connectivity index (χ1n) is 8.81. The molecule has 0 spiro atoms.